The van der Waals surface area contributed by atoms with Gasteiger partial charge in [-0.15, -0.1) is 11.3 Å². The Kier molecular flexibility index (Phi) is 4.59. The lowest BCUT2D eigenvalue weighted by Crippen LogP contribution is -2.30. The van der Waals surface area contributed by atoms with Gasteiger partial charge in [-0.1, -0.05) is 6.07 Å². The van der Waals surface area contributed by atoms with E-state index in [4.69, 9.17) is 4.74 Å². The molecule has 0 aliphatic heterocycles. The van der Waals surface area contributed by atoms with E-state index in [1.165, 1.54) is 28.9 Å². The van der Waals surface area contributed by atoms with Crippen LogP contribution in [-0.2, 0) is 17.6 Å². The Morgan fingerprint density at radius 2 is 2.08 bits per heavy atom. The number of rotatable bonds is 4. The summed E-state index contributed by atoms with van der Waals surface area (Å²) in [7, 11) is 0. The Morgan fingerprint density at radius 3 is 2.83 bits per heavy atom. The first-order valence-electron chi connectivity index (χ1n) is 8.09. The maximum atomic E-state index is 12.4. The first-order chi connectivity index (χ1) is 11.5. The Balaban J connectivity index is 1.69. The van der Waals surface area contributed by atoms with Crippen LogP contribution >= 0.6 is 11.3 Å². The van der Waals surface area contributed by atoms with Crippen molar-refractivity contribution in [2.75, 3.05) is 5.32 Å². The molecule has 1 N–H and O–H groups in total. The van der Waals surface area contributed by atoms with Crippen LogP contribution in [0.4, 0.5) is 5.00 Å². The lowest BCUT2D eigenvalue weighted by molar-refractivity contribution is -0.122. The number of hydrogen-bond donors (Lipinski definition) is 1. The fourth-order valence-corrected chi connectivity index (χ4v) is 3.96. The predicted molar refractivity (Wildman–Crippen MR) is 95.7 cm³/mol. The molecule has 0 radical (unpaired) electrons. The van der Waals surface area contributed by atoms with E-state index < -0.39 is 6.10 Å². The summed E-state index contributed by atoms with van der Waals surface area (Å²) in [6, 6.07) is 8.21. The Hall–Kier alpha value is -2.32. The van der Waals surface area contributed by atoms with Crippen LogP contribution in [0.15, 0.2) is 18.2 Å². The number of aryl methyl sites for hydroxylation is 3. The van der Waals surface area contributed by atoms with Gasteiger partial charge in [-0.3, -0.25) is 4.79 Å². The van der Waals surface area contributed by atoms with Crippen LogP contribution in [0.2, 0.25) is 0 Å². The van der Waals surface area contributed by atoms with Gasteiger partial charge < -0.3 is 10.1 Å². The van der Waals surface area contributed by atoms with E-state index in [-0.39, 0.29) is 5.91 Å². The van der Waals surface area contributed by atoms with Gasteiger partial charge in [0.1, 0.15) is 16.8 Å². The molecule has 1 heterocycles. The van der Waals surface area contributed by atoms with E-state index in [1.54, 1.807) is 6.92 Å². The molecule has 0 saturated carbocycles. The van der Waals surface area contributed by atoms with Crippen molar-refractivity contribution in [1.82, 2.24) is 0 Å². The quantitative estimate of drug-likeness (QED) is 0.910. The summed E-state index contributed by atoms with van der Waals surface area (Å²) >= 11 is 1.42. The van der Waals surface area contributed by atoms with E-state index in [0.717, 1.165) is 29.0 Å². The molecule has 1 amide bonds. The Morgan fingerprint density at radius 1 is 1.33 bits per heavy atom. The van der Waals surface area contributed by atoms with Gasteiger partial charge in [-0.2, -0.15) is 5.26 Å². The highest BCUT2D eigenvalue weighted by molar-refractivity contribution is 7.16. The monoisotopic (exact) mass is 340 g/mol. The van der Waals surface area contributed by atoms with Crippen LogP contribution in [0.1, 0.15) is 40.5 Å². The fraction of sp³-hybridized carbons (Fsp3) is 0.368. The molecule has 0 unspecified atom stereocenters. The molecule has 3 rings (SSSR count). The molecule has 1 aromatic carbocycles. The van der Waals surface area contributed by atoms with E-state index in [2.05, 4.69) is 17.5 Å². The minimum atomic E-state index is -0.626. The second-order valence-electron chi connectivity index (χ2n) is 6.13. The largest absolute Gasteiger partial charge is 0.481 e. The highest BCUT2D eigenvalue weighted by Crippen LogP contribution is 2.32. The van der Waals surface area contributed by atoms with Crippen LogP contribution in [-0.4, -0.2) is 12.0 Å². The normalized spacial score (nSPS) is 13.9. The van der Waals surface area contributed by atoms with Crippen LogP contribution in [0.3, 0.4) is 0 Å². The highest BCUT2D eigenvalue weighted by Gasteiger charge is 2.20. The maximum absolute atomic E-state index is 12.4. The van der Waals surface area contributed by atoms with Crippen molar-refractivity contribution in [1.29, 1.82) is 5.26 Å². The molecule has 1 aliphatic carbocycles. The molecule has 0 bridgehead atoms. The average Bonchev–Trinajstić information content (AvgIpc) is 3.12. The van der Waals surface area contributed by atoms with Crippen molar-refractivity contribution >= 4 is 22.2 Å². The lowest BCUT2D eigenvalue weighted by atomic mass is 10.1. The second-order valence-corrected chi connectivity index (χ2v) is 7.36. The van der Waals surface area contributed by atoms with Gasteiger partial charge in [0.05, 0.1) is 5.56 Å². The number of ether oxygens (including phenoxy) is 1. The van der Waals surface area contributed by atoms with Gasteiger partial charge in [0.15, 0.2) is 6.10 Å². The number of fused-ring (bicyclic) bond motifs is 1. The number of benzene rings is 1. The molecule has 1 atom stereocenters. The van der Waals surface area contributed by atoms with Crippen LogP contribution in [0, 0.1) is 25.2 Å². The number of carbonyl (C=O) groups excluding carboxylic acids is 1. The smallest absolute Gasteiger partial charge is 0.265 e. The number of carbonyl (C=O) groups is 1. The number of amides is 1. The molecule has 0 saturated heterocycles. The highest BCUT2D eigenvalue weighted by atomic mass is 32.1. The van der Waals surface area contributed by atoms with Gasteiger partial charge in [0, 0.05) is 4.88 Å². The molecule has 5 heteroatoms. The zero-order chi connectivity index (χ0) is 17.3. The second kappa shape index (κ2) is 6.66. The fourth-order valence-electron chi connectivity index (χ4n) is 2.94. The predicted octanol–water partition coefficient (Wildman–Crippen LogP) is 4.13. The third-order valence-corrected chi connectivity index (χ3v) is 5.61. The van der Waals surface area contributed by atoms with Crippen LogP contribution in [0.5, 0.6) is 5.75 Å². The third-order valence-electron chi connectivity index (χ3n) is 4.49. The topological polar surface area (TPSA) is 62.1 Å². The number of hydrogen-bond acceptors (Lipinski definition) is 4. The summed E-state index contributed by atoms with van der Waals surface area (Å²) in [6.45, 7) is 5.56. The number of nitrogens with one attached hydrogen (secondary N) is 1. The van der Waals surface area contributed by atoms with Gasteiger partial charge in [-0.25, -0.2) is 0 Å². The van der Waals surface area contributed by atoms with E-state index in [0.29, 0.717) is 10.6 Å². The summed E-state index contributed by atoms with van der Waals surface area (Å²) in [5.74, 6) is 0.477. The van der Waals surface area contributed by atoms with Gasteiger partial charge >= 0.3 is 0 Å². The van der Waals surface area contributed by atoms with E-state index >= 15 is 0 Å². The van der Waals surface area contributed by atoms with Crippen molar-refractivity contribution in [3.63, 3.8) is 0 Å². The zero-order valence-corrected chi connectivity index (χ0v) is 14.9. The standard InChI is InChI=1S/C19H20N2O2S/c1-11-13(3)24-19(17(11)10-20)21-18(22)12(2)23-16-8-7-14-5-4-6-15(14)9-16/h7-9,12H,4-6H2,1-3H3,(H,21,22)/t12-/m1/s1. The third kappa shape index (κ3) is 3.15. The minimum Gasteiger partial charge on any atom is -0.481 e. The molecule has 1 aromatic heterocycles. The molecule has 124 valence electrons. The molecule has 0 fully saturated rings. The van der Waals surface area contributed by atoms with Crippen molar-refractivity contribution in [2.45, 2.75) is 46.1 Å². The first kappa shape index (κ1) is 16.5. The van der Waals surface area contributed by atoms with Crippen molar-refractivity contribution in [3.8, 4) is 11.8 Å². The molecular weight excluding hydrogens is 320 g/mol. The maximum Gasteiger partial charge on any atom is 0.265 e. The van der Waals surface area contributed by atoms with Gasteiger partial charge in [0.2, 0.25) is 0 Å². The van der Waals surface area contributed by atoms with E-state index in [1.807, 2.05) is 26.0 Å². The number of anilines is 1. The van der Waals surface area contributed by atoms with Crippen molar-refractivity contribution < 1.29 is 9.53 Å². The number of thiophene rings is 1. The Labute approximate surface area is 146 Å². The van der Waals surface area contributed by atoms with Crippen LogP contribution < -0.4 is 10.1 Å². The molecular formula is C19H20N2O2S. The molecule has 4 nitrogen and oxygen atoms in total. The molecule has 24 heavy (non-hydrogen) atoms. The molecule has 2 aromatic rings. The summed E-state index contributed by atoms with van der Waals surface area (Å²) in [4.78, 5) is 13.4. The number of nitriles is 1. The summed E-state index contributed by atoms with van der Waals surface area (Å²) in [6.07, 6.45) is 2.76. The average molecular weight is 340 g/mol. The zero-order valence-electron chi connectivity index (χ0n) is 14.1. The summed E-state index contributed by atoms with van der Waals surface area (Å²) < 4.78 is 5.79. The summed E-state index contributed by atoms with van der Waals surface area (Å²) in [5, 5.41) is 12.7. The lowest BCUT2D eigenvalue weighted by Gasteiger charge is -2.15. The Bertz CT molecular complexity index is 833. The van der Waals surface area contributed by atoms with E-state index in [9.17, 15) is 10.1 Å². The van der Waals surface area contributed by atoms with Crippen LogP contribution in [0.25, 0.3) is 0 Å². The van der Waals surface area contributed by atoms with Gasteiger partial charge in [0.25, 0.3) is 5.91 Å². The molecule has 0 spiro atoms. The first-order valence-corrected chi connectivity index (χ1v) is 8.90. The van der Waals surface area contributed by atoms with Crippen molar-refractivity contribution in [3.05, 3.63) is 45.3 Å². The molecule has 1 aliphatic rings. The van der Waals surface area contributed by atoms with Gasteiger partial charge in [-0.05, 0) is 68.9 Å². The SMILES string of the molecule is Cc1sc(NC(=O)[C@@H](C)Oc2ccc3c(c2)CCC3)c(C#N)c1C. The number of nitrogens with zero attached hydrogens (tertiary/aromatic N) is 1. The summed E-state index contributed by atoms with van der Waals surface area (Å²) in [5.41, 5.74) is 4.15. The minimum absolute atomic E-state index is 0.242. The van der Waals surface area contributed by atoms with Crippen molar-refractivity contribution in [2.24, 2.45) is 0 Å².